The summed E-state index contributed by atoms with van der Waals surface area (Å²) in [6.45, 7) is 0. The van der Waals surface area contributed by atoms with Crippen LogP contribution in [0.1, 0.15) is 24.5 Å². The zero-order valence-electron chi connectivity index (χ0n) is 6.92. The maximum Gasteiger partial charge on any atom is 0.197 e. The Kier molecular flexibility index (Phi) is 2.26. The van der Waals surface area contributed by atoms with Crippen LogP contribution in [0, 0.1) is 0 Å². The molecule has 0 unspecified atom stereocenters. The molecule has 0 aromatic carbocycles. The van der Waals surface area contributed by atoms with E-state index in [1.54, 1.807) is 0 Å². The highest BCUT2D eigenvalue weighted by molar-refractivity contribution is 7.99. The van der Waals surface area contributed by atoms with Crippen LogP contribution in [0.15, 0.2) is 6.20 Å². The van der Waals surface area contributed by atoms with E-state index in [1.165, 1.54) is 30.0 Å². The number of nitrogens with zero attached hydrogens (tertiary/aromatic N) is 1. The predicted octanol–water partition coefficient (Wildman–Crippen LogP) is 1.60. The van der Waals surface area contributed by atoms with Gasteiger partial charge in [0.05, 0.1) is 6.20 Å². The maximum atomic E-state index is 5.51. The number of rotatable bonds is 1. The first-order valence-corrected chi connectivity index (χ1v) is 5.40. The third-order valence-corrected chi connectivity index (χ3v) is 3.33. The molecule has 0 atom stereocenters. The summed E-state index contributed by atoms with van der Waals surface area (Å²) < 4.78 is 0. The number of nitrogens with one attached hydrogen (secondary N) is 1. The molecule has 3 nitrogen and oxygen atoms in total. The minimum absolute atomic E-state index is 0.545. The van der Waals surface area contributed by atoms with Crippen molar-refractivity contribution < 1.29 is 0 Å². The zero-order valence-corrected chi connectivity index (χ0v) is 7.73. The Morgan fingerprint density at radius 1 is 1.50 bits per heavy atom. The monoisotopic (exact) mass is 183 g/mol. The van der Waals surface area contributed by atoms with Crippen molar-refractivity contribution in [3.05, 3.63) is 11.9 Å². The molecule has 3 N–H and O–H groups in total. The lowest BCUT2D eigenvalue weighted by atomic mass is 10.00. The van der Waals surface area contributed by atoms with Crippen LogP contribution in [0.5, 0.6) is 0 Å². The molecule has 66 valence electrons. The number of thioether (sulfide) groups is 1. The smallest absolute Gasteiger partial charge is 0.197 e. The number of nitrogens with two attached hydrogens (primary N) is 1. The molecule has 0 bridgehead atoms. The molecule has 1 saturated heterocycles. The summed E-state index contributed by atoms with van der Waals surface area (Å²) in [4.78, 5) is 7.11. The number of H-pyrrole nitrogens is 1. The van der Waals surface area contributed by atoms with E-state index in [1.807, 2.05) is 18.0 Å². The van der Waals surface area contributed by atoms with Crippen LogP contribution < -0.4 is 5.73 Å². The van der Waals surface area contributed by atoms with Gasteiger partial charge in [-0.2, -0.15) is 11.8 Å². The summed E-state index contributed by atoms with van der Waals surface area (Å²) in [5.41, 5.74) is 6.73. The minimum atomic E-state index is 0.545. The second-order valence-electron chi connectivity index (χ2n) is 3.11. The average Bonchev–Trinajstić information content (AvgIpc) is 2.54. The van der Waals surface area contributed by atoms with Gasteiger partial charge in [0.15, 0.2) is 5.95 Å². The fraction of sp³-hybridized carbons (Fsp3) is 0.625. The Balaban J connectivity index is 2.08. The lowest BCUT2D eigenvalue weighted by molar-refractivity contribution is 0.623. The van der Waals surface area contributed by atoms with Crippen LogP contribution >= 0.6 is 11.8 Å². The van der Waals surface area contributed by atoms with E-state index < -0.39 is 0 Å². The lowest BCUT2D eigenvalue weighted by Crippen LogP contribution is -2.08. The topological polar surface area (TPSA) is 54.7 Å². The molecule has 1 aromatic rings. The number of aromatic amines is 1. The molecular weight excluding hydrogens is 170 g/mol. The molecule has 0 amide bonds. The number of hydrogen-bond acceptors (Lipinski definition) is 3. The molecule has 4 heteroatoms. The number of imidazole rings is 1. The van der Waals surface area contributed by atoms with Gasteiger partial charge in [0.1, 0.15) is 0 Å². The highest BCUT2D eigenvalue weighted by Crippen LogP contribution is 2.30. The van der Waals surface area contributed by atoms with Crippen molar-refractivity contribution in [1.29, 1.82) is 0 Å². The first-order chi connectivity index (χ1) is 5.86. The van der Waals surface area contributed by atoms with Crippen molar-refractivity contribution in [2.75, 3.05) is 17.2 Å². The first kappa shape index (κ1) is 7.98. The van der Waals surface area contributed by atoms with Gasteiger partial charge in [-0.15, -0.1) is 0 Å². The van der Waals surface area contributed by atoms with Gasteiger partial charge in [-0.25, -0.2) is 4.98 Å². The zero-order chi connectivity index (χ0) is 8.39. The predicted molar refractivity (Wildman–Crippen MR) is 52.3 cm³/mol. The van der Waals surface area contributed by atoms with Gasteiger partial charge < -0.3 is 10.7 Å². The Labute approximate surface area is 76.1 Å². The SMILES string of the molecule is Nc1ncc(C2CCSCC2)[nH]1. The largest absolute Gasteiger partial charge is 0.369 e. The molecule has 1 aliphatic rings. The third kappa shape index (κ3) is 1.58. The quantitative estimate of drug-likeness (QED) is 0.695. The van der Waals surface area contributed by atoms with Crippen LogP contribution in [0.25, 0.3) is 0 Å². The van der Waals surface area contributed by atoms with Gasteiger partial charge in [-0.05, 0) is 24.3 Å². The number of anilines is 1. The lowest BCUT2D eigenvalue weighted by Gasteiger charge is -2.19. The number of aromatic nitrogens is 2. The summed E-state index contributed by atoms with van der Waals surface area (Å²) in [6, 6.07) is 0. The Hall–Kier alpha value is -0.640. The summed E-state index contributed by atoms with van der Waals surface area (Å²) >= 11 is 2.03. The van der Waals surface area contributed by atoms with Crippen LogP contribution in [0.4, 0.5) is 5.95 Å². The van der Waals surface area contributed by atoms with E-state index in [9.17, 15) is 0 Å². The van der Waals surface area contributed by atoms with Crippen molar-refractivity contribution in [1.82, 2.24) is 9.97 Å². The average molecular weight is 183 g/mol. The van der Waals surface area contributed by atoms with E-state index >= 15 is 0 Å². The van der Waals surface area contributed by atoms with Crippen molar-refractivity contribution in [2.24, 2.45) is 0 Å². The van der Waals surface area contributed by atoms with Crippen molar-refractivity contribution in [3.63, 3.8) is 0 Å². The van der Waals surface area contributed by atoms with Gasteiger partial charge in [-0.1, -0.05) is 0 Å². The molecular formula is C8H13N3S. The minimum Gasteiger partial charge on any atom is -0.369 e. The molecule has 2 heterocycles. The van der Waals surface area contributed by atoms with E-state index in [-0.39, 0.29) is 0 Å². The molecule has 0 saturated carbocycles. The van der Waals surface area contributed by atoms with Gasteiger partial charge in [0.25, 0.3) is 0 Å². The van der Waals surface area contributed by atoms with E-state index in [0.29, 0.717) is 11.9 Å². The van der Waals surface area contributed by atoms with Crippen LogP contribution in [0.3, 0.4) is 0 Å². The highest BCUT2D eigenvalue weighted by atomic mass is 32.2. The summed E-state index contributed by atoms with van der Waals surface area (Å²) in [6.07, 6.45) is 4.38. The van der Waals surface area contributed by atoms with Crippen molar-refractivity contribution in [2.45, 2.75) is 18.8 Å². The third-order valence-electron chi connectivity index (χ3n) is 2.28. The molecule has 0 aliphatic carbocycles. The Bertz CT molecular complexity index is 253. The highest BCUT2D eigenvalue weighted by Gasteiger charge is 2.16. The fourth-order valence-corrected chi connectivity index (χ4v) is 2.67. The summed E-state index contributed by atoms with van der Waals surface area (Å²) in [5.74, 6) is 3.74. The maximum absolute atomic E-state index is 5.51. The van der Waals surface area contributed by atoms with Gasteiger partial charge in [0, 0.05) is 11.6 Å². The van der Waals surface area contributed by atoms with Crippen LogP contribution in [0.2, 0.25) is 0 Å². The molecule has 12 heavy (non-hydrogen) atoms. The standard InChI is InChI=1S/C8H13N3S/c9-8-10-5-7(11-8)6-1-3-12-4-2-6/h5-6H,1-4H2,(H3,9,10,11). The van der Waals surface area contributed by atoms with E-state index in [0.717, 1.165) is 0 Å². The summed E-state index contributed by atoms with van der Waals surface area (Å²) in [7, 11) is 0. The van der Waals surface area contributed by atoms with Gasteiger partial charge in [-0.3, -0.25) is 0 Å². The molecule has 1 aliphatic heterocycles. The second kappa shape index (κ2) is 3.39. The molecule has 0 spiro atoms. The Morgan fingerprint density at radius 2 is 2.25 bits per heavy atom. The number of nitrogen functional groups attached to an aromatic ring is 1. The first-order valence-electron chi connectivity index (χ1n) is 4.24. The second-order valence-corrected chi connectivity index (χ2v) is 4.34. The van der Waals surface area contributed by atoms with E-state index in [4.69, 9.17) is 5.73 Å². The van der Waals surface area contributed by atoms with Crippen molar-refractivity contribution >= 4 is 17.7 Å². The summed E-state index contributed by atoms with van der Waals surface area (Å²) in [5, 5.41) is 0. The van der Waals surface area contributed by atoms with Crippen molar-refractivity contribution in [3.8, 4) is 0 Å². The van der Waals surface area contributed by atoms with Crippen LogP contribution in [-0.4, -0.2) is 21.5 Å². The normalized spacial score (nSPS) is 19.7. The Morgan fingerprint density at radius 3 is 2.83 bits per heavy atom. The molecule has 0 radical (unpaired) electrons. The van der Waals surface area contributed by atoms with Gasteiger partial charge in [0.2, 0.25) is 0 Å². The van der Waals surface area contributed by atoms with E-state index in [2.05, 4.69) is 9.97 Å². The molecule has 1 fully saturated rings. The number of hydrogen-bond donors (Lipinski definition) is 2. The molecule has 1 aromatic heterocycles. The fourth-order valence-electron chi connectivity index (χ4n) is 1.57. The van der Waals surface area contributed by atoms with Gasteiger partial charge >= 0.3 is 0 Å². The molecule has 2 rings (SSSR count). The van der Waals surface area contributed by atoms with Crippen LogP contribution in [-0.2, 0) is 0 Å².